The van der Waals surface area contributed by atoms with Crippen molar-refractivity contribution in [2.24, 2.45) is 0 Å². The monoisotopic (exact) mass is 150 g/mol. The zero-order chi connectivity index (χ0) is 8.48. The quantitative estimate of drug-likeness (QED) is 0.532. The molecule has 0 aliphatic rings. The average molecular weight is 150 g/mol. The molecule has 0 fully saturated rings. The molecule has 0 amide bonds. The van der Waals surface area contributed by atoms with Crippen LogP contribution >= 0.6 is 0 Å². The topological polar surface area (TPSA) is 30.4 Å². The van der Waals surface area contributed by atoms with Crippen molar-refractivity contribution in [1.29, 1.82) is 0 Å². The molecule has 0 aromatic carbocycles. The van der Waals surface area contributed by atoms with Crippen molar-refractivity contribution in [2.75, 3.05) is 0 Å². The van der Waals surface area contributed by atoms with Crippen LogP contribution in [0.25, 0.3) is 4.85 Å². The van der Waals surface area contributed by atoms with Crippen molar-refractivity contribution >= 4 is 5.88 Å². The van der Waals surface area contributed by atoms with Crippen LogP contribution in [0.2, 0.25) is 0 Å². The Bertz CT molecular complexity index is 288. The first-order valence-corrected chi connectivity index (χ1v) is 3.38. The summed E-state index contributed by atoms with van der Waals surface area (Å²) >= 11 is 0. The molecule has 1 aromatic rings. The normalized spacial score (nSPS) is 11.1. The van der Waals surface area contributed by atoms with E-state index in [1.807, 2.05) is 20.8 Å². The fraction of sp³-hybridized carbons (Fsp3) is 0.500. The van der Waals surface area contributed by atoms with Crippen molar-refractivity contribution in [3.63, 3.8) is 0 Å². The van der Waals surface area contributed by atoms with Gasteiger partial charge in [0.05, 0.1) is 12.3 Å². The zero-order valence-electron chi connectivity index (χ0n) is 6.88. The van der Waals surface area contributed by atoms with Crippen LogP contribution in [0, 0.1) is 6.57 Å². The molecule has 0 aliphatic heterocycles. The lowest BCUT2D eigenvalue weighted by Crippen LogP contribution is -2.10. The molecule has 3 heteroatoms. The summed E-state index contributed by atoms with van der Waals surface area (Å²) in [6.45, 7) is 12.7. The van der Waals surface area contributed by atoms with Gasteiger partial charge in [-0.05, 0) is 0 Å². The molecule has 0 atom stereocenters. The first-order chi connectivity index (χ1) is 5.04. The van der Waals surface area contributed by atoms with Crippen LogP contribution < -0.4 is 0 Å². The average Bonchev–Trinajstić information content (AvgIpc) is 2.32. The molecule has 1 aromatic heterocycles. The van der Waals surface area contributed by atoms with Crippen LogP contribution in [-0.4, -0.2) is 5.16 Å². The van der Waals surface area contributed by atoms with Crippen LogP contribution in [0.1, 0.15) is 26.5 Å². The van der Waals surface area contributed by atoms with Crippen LogP contribution in [0.15, 0.2) is 10.6 Å². The van der Waals surface area contributed by atoms with Gasteiger partial charge in [0, 0.05) is 11.5 Å². The highest BCUT2D eigenvalue weighted by Crippen LogP contribution is 2.24. The van der Waals surface area contributed by atoms with E-state index in [1.54, 1.807) is 6.07 Å². The van der Waals surface area contributed by atoms with Gasteiger partial charge in [-0.25, -0.2) is 0 Å². The third kappa shape index (κ3) is 1.58. The molecule has 0 unspecified atom stereocenters. The molecule has 0 radical (unpaired) electrons. The Hall–Kier alpha value is -1.30. The highest BCUT2D eigenvalue weighted by molar-refractivity contribution is 5.34. The van der Waals surface area contributed by atoms with E-state index >= 15 is 0 Å². The summed E-state index contributed by atoms with van der Waals surface area (Å²) in [4.78, 5) is 3.13. The smallest absolute Gasteiger partial charge is 0.367 e. The van der Waals surface area contributed by atoms with E-state index in [1.165, 1.54) is 0 Å². The lowest BCUT2D eigenvalue weighted by molar-refractivity contribution is 0.408. The maximum Gasteiger partial charge on any atom is 0.367 e. The van der Waals surface area contributed by atoms with Crippen LogP contribution in [-0.2, 0) is 5.41 Å². The number of hydrogen-bond donors (Lipinski definition) is 0. The largest absolute Gasteiger partial charge is 0.371 e. The Labute approximate surface area is 65.8 Å². The van der Waals surface area contributed by atoms with Crippen LogP contribution in [0.5, 0.6) is 0 Å². The number of nitrogens with zero attached hydrogens (tertiary/aromatic N) is 2. The van der Waals surface area contributed by atoms with Crippen molar-refractivity contribution < 1.29 is 4.52 Å². The summed E-state index contributed by atoms with van der Waals surface area (Å²) in [7, 11) is 0. The zero-order valence-corrected chi connectivity index (χ0v) is 6.88. The van der Waals surface area contributed by atoms with E-state index in [-0.39, 0.29) is 11.3 Å². The number of aromatic nitrogens is 1. The van der Waals surface area contributed by atoms with Gasteiger partial charge in [-0.15, -0.1) is 0 Å². The van der Waals surface area contributed by atoms with Gasteiger partial charge in [0.1, 0.15) is 0 Å². The third-order valence-electron chi connectivity index (χ3n) is 1.38. The minimum absolute atomic E-state index is 0.0353. The van der Waals surface area contributed by atoms with E-state index in [0.29, 0.717) is 0 Å². The standard InChI is InChI=1S/C8H10N2O/c1-8(2,3)6-5-7(9-4)11-10-6/h5H,1-3H3. The molecular formula is C8H10N2O. The fourth-order valence-corrected chi connectivity index (χ4v) is 0.672. The highest BCUT2D eigenvalue weighted by atomic mass is 16.5. The van der Waals surface area contributed by atoms with Gasteiger partial charge in [-0.1, -0.05) is 25.9 Å². The maximum atomic E-state index is 6.65. The van der Waals surface area contributed by atoms with Crippen LogP contribution in [0.3, 0.4) is 0 Å². The number of rotatable bonds is 0. The van der Waals surface area contributed by atoms with E-state index in [2.05, 4.69) is 10.0 Å². The van der Waals surface area contributed by atoms with Gasteiger partial charge in [-0.3, -0.25) is 0 Å². The fourth-order valence-electron chi connectivity index (χ4n) is 0.672. The van der Waals surface area contributed by atoms with Gasteiger partial charge in [0.15, 0.2) is 0 Å². The summed E-state index contributed by atoms with van der Waals surface area (Å²) < 4.78 is 4.74. The molecule has 11 heavy (non-hydrogen) atoms. The van der Waals surface area contributed by atoms with Crippen molar-refractivity contribution in [3.8, 4) is 0 Å². The minimum atomic E-state index is -0.0353. The van der Waals surface area contributed by atoms with E-state index in [4.69, 9.17) is 11.1 Å². The molecule has 0 bridgehead atoms. The van der Waals surface area contributed by atoms with E-state index < -0.39 is 0 Å². The SMILES string of the molecule is [C-]#[N+]c1cc(C(C)(C)C)no1. The summed E-state index contributed by atoms with van der Waals surface area (Å²) in [6, 6.07) is 1.67. The molecule has 0 spiro atoms. The lowest BCUT2D eigenvalue weighted by atomic mass is 9.92. The lowest BCUT2D eigenvalue weighted by Gasteiger charge is -2.12. The molecule has 0 aliphatic carbocycles. The Kier molecular flexibility index (Phi) is 1.69. The van der Waals surface area contributed by atoms with Gasteiger partial charge < -0.3 is 4.52 Å². The molecule has 3 nitrogen and oxygen atoms in total. The van der Waals surface area contributed by atoms with Crippen molar-refractivity contribution in [2.45, 2.75) is 26.2 Å². The Balaban J connectivity index is 3.01. The summed E-state index contributed by atoms with van der Waals surface area (Å²) in [5, 5.41) is 3.77. The molecule has 0 N–H and O–H groups in total. The molecular weight excluding hydrogens is 140 g/mol. The summed E-state index contributed by atoms with van der Waals surface area (Å²) in [6.07, 6.45) is 0. The molecule has 0 saturated carbocycles. The third-order valence-corrected chi connectivity index (χ3v) is 1.38. The van der Waals surface area contributed by atoms with E-state index in [9.17, 15) is 0 Å². The molecule has 0 saturated heterocycles. The second-order valence-electron chi connectivity index (χ2n) is 3.41. The van der Waals surface area contributed by atoms with Crippen LogP contribution in [0.4, 0.5) is 5.88 Å². The minimum Gasteiger partial charge on any atom is -0.371 e. The Morgan fingerprint density at radius 3 is 2.45 bits per heavy atom. The predicted molar refractivity (Wildman–Crippen MR) is 41.5 cm³/mol. The Morgan fingerprint density at radius 2 is 2.18 bits per heavy atom. The second kappa shape index (κ2) is 2.39. The summed E-state index contributed by atoms with van der Waals surface area (Å²) in [5.41, 5.74) is 0.787. The first-order valence-electron chi connectivity index (χ1n) is 3.38. The molecule has 1 rings (SSSR count). The summed E-state index contributed by atoms with van der Waals surface area (Å²) in [5.74, 6) is 0.259. The molecule has 1 heterocycles. The van der Waals surface area contributed by atoms with Gasteiger partial charge in [0.25, 0.3) is 0 Å². The van der Waals surface area contributed by atoms with Gasteiger partial charge in [-0.2, -0.15) is 4.85 Å². The highest BCUT2D eigenvalue weighted by Gasteiger charge is 2.18. The van der Waals surface area contributed by atoms with E-state index in [0.717, 1.165) is 5.69 Å². The Morgan fingerprint density at radius 1 is 1.55 bits per heavy atom. The van der Waals surface area contributed by atoms with Crippen molar-refractivity contribution in [3.05, 3.63) is 23.2 Å². The van der Waals surface area contributed by atoms with Gasteiger partial charge in [0.2, 0.25) is 0 Å². The maximum absolute atomic E-state index is 6.65. The van der Waals surface area contributed by atoms with Crippen molar-refractivity contribution in [1.82, 2.24) is 5.16 Å². The number of hydrogen-bond acceptors (Lipinski definition) is 2. The molecule has 58 valence electrons. The first kappa shape index (κ1) is 7.80. The second-order valence-corrected chi connectivity index (χ2v) is 3.41. The van der Waals surface area contributed by atoms with Gasteiger partial charge >= 0.3 is 5.88 Å². The predicted octanol–water partition coefficient (Wildman–Crippen LogP) is 2.52.